The van der Waals surface area contributed by atoms with Gasteiger partial charge >= 0.3 is 6.03 Å². The van der Waals surface area contributed by atoms with Crippen LogP contribution in [0.5, 0.6) is 17.2 Å². The van der Waals surface area contributed by atoms with Gasteiger partial charge in [0.05, 0.1) is 38.1 Å². The molecule has 0 radical (unpaired) electrons. The summed E-state index contributed by atoms with van der Waals surface area (Å²) in [5, 5.41) is 15.8. The molecule has 0 fully saturated rings. The topological polar surface area (TPSA) is 89.1 Å². The molecule has 26 heavy (non-hydrogen) atoms. The standard InChI is InChI=1S/C18H21ClN2O5/c1-24-12-6-4-11(5-7-12)15(22)10-20-18(23)21-14-9-16(25-2)13(19)8-17(14)26-3/h4-9,15,22H,10H2,1-3H3,(H2,20,21,23)/t15-/m0/s1. The Labute approximate surface area is 156 Å². The van der Waals surface area contributed by atoms with Gasteiger partial charge in [-0.3, -0.25) is 0 Å². The Morgan fingerprint density at radius 3 is 2.31 bits per heavy atom. The first-order valence-electron chi connectivity index (χ1n) is 7.76. The van der Waals surface area contributed by atoms with Crippen molar-refractivity contribution in [1.82, 2.24) is 5.32 Å². The fraction of sp³-hybridized carbons (Fsp3) is 0.278. The van der Waals surface area contributed by atoms with E-state index in [1.807, 2.05) is 0 Å². The molecule has 2 amide bonds. The largest absolute Gasteiger partial charge is 0.497 e. The molecule has 0 aliphatic heterocycles. The molecule has 3 N–H and O–H groups in total. The Morgan fingerprint density at radius 1 is 1.08 bits per heavy atom. The number of hydrogen-bond donors (Lipinski definition) is 3. The lowest BCUT2D eigenvalue weighted by molar-refractivity contribution is 0.175. The number of benzene rings is 2. The van der Waals surface area contributed by atoms with Crippen LogP contribution in [0.1, 0.15) is 11.7 Å². The Kier molecular flexibility index (Phi) is 6.94. The summed E-state index contributed by atoms with van der Waals surface area (Å²) in [6, 6.07) is 9.54. The van der Waals surface area contributed by atoms with E-state index in [0.29, 0.717) is 33.5 Å². The van der Waals surface area contributed by atoms with Crippen LogP contribution in [0, 0.1) is 0 Å². The van der Waals surface area contributed by atoms with Crippen LogP contribution in [-0.4, -0.2) is 39.0 Å². The molecule has 0 unspecified atom stereocenters. The summed E-state index contributed by atoms with van der Waals surface area (Å²) in [5.41, 5.74) is 1.06. The van der Waals surface area contributed by atoms with E-state index in [4.69, 9.17) is 25.8 Å². The minimum atomic E-state index is -0.853. The van der Waals surface area contributed by atoms with Gasteiger partial charge in [0.25, 0.3) is 0 Å². The quantitative estimate of drug-likeness (QED) is 0.686. The maximum absolute atomic E-state index is 12.1. The van der Waals surface area contributed by atoms with E-state index in [-0.39, 0.29) is 6.54 Å². The molecule has 0 bridgehead atoms. The number of urea groups is 1. The van der Waals surface area contributed by atoms with Crippen molar-refractivity contribution in [3.8, 4) is 17.2 Å². The second-order valence-corrected chi connectivity index (χ2v) is 5.72. The molecule has 8 heteroatoms. The first-order chi connectivity index (χ1) is 12.5. The van der Waals surface area contributed by atoms with E-state index >= 15 is 0 Å². The molecule has 0 heterocycles. The zero-order chi connectivity index (χ0) is 19.1. The first kappa shape index (κ1) is 19.7. The molecule has 1 atom stereocenters. The van der Waals surface area contributed by atoms with Crippen molar-refractivity contribution in [1.29, 1.82) is 0 Å². The van der Waals surface area contributed by atoms with Gasteiger partial charge in [0.1, 0.15) is 17.2 Å². The number of aliphatic hydroxyl groups is 1. The lowest BCUT2D eigenvalue weighted by Crippen LogP contribution is -2.32. The average Bonchev–Trinajstić information content (AvgIpc) is 2.67. The van der Waals surface area contributed by atoms with Crippen molar-refractivity contribution in [2.24, 2.45) is 0 Å². The lowest BCUT2D eigenvalue weighted by Gasteiger charge is -2.15. The molecule has 7 nitrogen and oxygen atoms in total. The summed E-state index contributed by atoms with van der Waals surface area (Å²) in [7, 11) is 4.51. The number of rotatable bonds is 7. The van der Waals surface area contributed by atoms with Gasteiger partial charge in [-0.15, -0.1) is 0 Å². The minimum absolute atomic E-state index is 0.0329. The highest BCUT2D eigenvalue weighted by Gasteiger charge is 2.14. The van der Waals surface area contributed by atoms with E-state index in [0.717, 1.165) is 0 Å². The number of methoxy groups -OCH3 is 3. The molecule has 0 saturated carbocycles. The van der Waals surface area contributed by atoms with Gasteiger partial charge in [-0.2, -0.15) is 0 Å². The number of amides is 2. The number of ether oxygens (including phenoxy) is 3. The first-order valence-corrected chi connectivity index (χ1v) is 8.14. The van der Waals surface area contributed by atoms with Gasteiger partial charge in [0.15, 0.2) is 0 Å². The molecular formula is C18H21ClN2O5. The van der Waals surface area contributed by atoms with E-state index in [9.17, 15) is 9.90 Å². The number of carbonyl (C=O) groups excluding carboxylic acids is 1. The van der Waals surface area contributed by atoms with Gasteiger partial charge in [-0.05, 0) is 17.7 Å². The predicted molar refractivity (Wildman–Crippen MR) is 99.5 cm³/mol. The van der Waals surface area contributed by atoms with Crippen molar-refractivity contribution in [2.75, 3.05) is 33.2 Å². The summed E-state index contributed by atoms with van der Waals surface area (Å²) in [4.78, 5) is 12.1. The molecule has 0 saturated heterocycles. The number of anilines is 1. The molecule has 2 aromatic rings. The van der Waals surface area contributed by atoms with Crippen LogP contribution in [0.4, 0.5) is 10.5 Å². The molecule has 140 valence electrons. The normalized spacial score (nSPS) is 11.4. The second-order valence-electron chi connectivity index (χ2n) is 5.31. The second kappa shape index (κ2) is 9.17. The van der Waals surface area contributed by atoms with Crippen molar-refractivity contribution < 1.29 is 24.1 Å². The van der Waals surface area contributed by atoms with E-state index in [1.165, 1.54) is 14.2 Å². The lowest BCUT2D eigenvalue weighted by atomic mass is 10.1. The highest BCUT2D eigenvalue weighted by molar-refractivity contribution is 6.32. The Hall–Kier alpha value is -2.64. The Balaban J connectivity index is 1.97. The Bertz CT molecular complexity index is 752. The number of hydrogen-bond acceptors (Lipinski definition) is 5. The minimum Gasteiger partial charge on any atom is -0.497 e. The zero-order valence-electron chi connectivity index (χ0n) is 14.7. The molecule has 2 rings (SSSR count). The fourth-order valence-corrected chi connectivity index (χ4v) is 2.49. The number of carbonyl (C=O) groups is 1. The Morgan fingerprint density at radius 2 is 1.73 bits per heavy atom. The highest BCUT2D eigenvalue weighted by Crippen LogP contribution is 2.35. The zero-order valence-corrected chi connectivity index (χ0v) is 15.5. The monoisotopic (exact) mass is 380 g/mol. The summed E-state index contributed by atoms with van der Waals surface area (Å²) in [5.74, 6) is 1.48. The van der Waals surface area contributed by atoms with E-state index in [1.54, 1.807) is 43.5 Å². The van der Waals surface area contributed by atoms with Crippen molar-refractivity contribution in [2.45, 2.75) is 6.10 Å². The number of aliphatic hydroxyl groups excluding tert-OH is 1. The van der Waals surface area contributed by atoms with Crippen molar-refractivity contribution in [3.05, 3.63) is 47.0 Å². The van der Waals surface area contributed by atoms with Gasteiger partial charge < -0.3 is 30.0 Å². The van der Waals surface area contributed by atoms with Crippen LogP contribution < -0.4 is 24.8 Å². The summed E-state index contributed by atoms with van der Waals surface area (Å²) >= 11 is 6.03. The fourth-order valence-electron chi connectivity index (χ4n) is 2.26. The van der Waals surface area contributed by atoms with Gasteiger partial charge in [0.2, 0.25) is 0 Å². The van der Waals surface area contributed by atoms with Gasteiger partial charge in [-0.25, -0.2) is 4.79 Å². The van der Waals surface area contributed by atoms with Crippen LogP contribution in [0.3, 0.4) is 0 Å². The molecular weight excluding hydrogens is 360 g/mol. The van der Waals surface area contributed by atoms with Crippen LogP contribution in [0.15, 0.2) is 36.4 Å². The van der Waals surface area contributed by atoms with Crippen molar-refractivity contribution >= 4 is 23.3 Å². The summed E-state index contributed by atoms with van der Waals surface area (Å²) in [6.07, 6.45) is -0.853. The van der Waals surface area contributed by atoms with Crippen LogP contribution in [0.25, 0.3) is 0 Å². The van der Waals surface area contributed by atoms with Crippen LogP contribution in [-0.2, 0) is 0 Å². The molecule has 0 aromatic heterocycles. The van der Waals surface area contributed by atoms with Gasteiger partial charge in [-0.1, -0.05) is 23.7 Å². The van der Waals surface area contributed by atoms with Gasteiger partial charge in [0, 0.05) is 18.7 Å². The maximum atomic E-state index is 12.1. The summed E-state index contributed by atoms with van der Waals surface area (Å²) in [6.45, 7) is 0.0329. The van der Waals surface area contributed by atoms with Crippen LogP contribution in [0.2, 0.25) is 5.02 Å². The molecule has 2 aromatic carbocycles. The molecule has 0 spiro atoms. The average molecular weight is 381 g/mol. The molecule has 0 aliphatic rings. The maximum Gasteiger partial charge on any atom is 0.319 e. The third kappa shape index (κ3) is 4.93. The van der Waals surface area contributed by atoms with Crippen LogP contribution >= 0.6 is 11.6 Å². The van der Waals surface area contributed by atoms with E-state index in [2.05, 4.69) is 10.6 Å². The molecule has 0 aliphatic carbocycles. The number of halogens is 1. The summed E-state index contributed by atoms with van der Waals surface area (Å²) < 4.78 is 15.4. The van der Waals surface area contributed by atoms with Crippen molar-refractivity contribution in [3.63, 3.8) is 0 Å². The smallest absolute Gasteiger partial charge is 0.319 e. The highest BCUT2D eigenvalue weighted by atomic mass is 35.5. The third-order valence-electron chi connectivity index (χ3n) is 3.68. The third-order valence-corrected chi connectivity index (χ3v) is 3.97. The number of nitrogens with one attached hydrogen (secondary N) is 2. The predicted octanol–water partition coefficient (Wildman–Crippen LogP) is 3.22. The SMILES string of the molecule is COc1ccc([C@@H](O)CNC(=O)Nc2cc(OC)c(Cl)cc2OC)cc1. The van der Waals surface area contributed by atoms with E-state index < -0.39 is 12.1 Å².